The highest BCUT2D eigenvalue weighted by atomic mass is 35.5. The second kappa shape index (κ2) is 12.4. The molecular formula is C31H34ClF6N3O3. The Hall–Kier alpha value is -2.99. The minimum atomic E-state index is -5.18. The zero-order chi connectivity index (χ0) is 31.9. The van der Waals surface area contributed by atoms with Gasteiger partial charge in [-0.3, -0.25) is 9.59 Å². The summed E-state index contributed by atoms with van der Waals surface area (Å²) in [5.74, 6) is -1.59. The summed E-state index contributed by atoms with van der Waals surface area (Å²) in [7, 11) is 0. The van der Waals surface area contributed by atoms with Crippen molar-refractivity contribution in [3.05, 3.63) is 64.7 Å². The molecule has 3 saturated heterocycles. The van der Waals surface area contributed by atoms with Gasteiger partial charge in [0, 0.05) is 44.0 Å². The zero-order valence-corrected chi connectivity index (χ0v) is 24.6. The number of carbonyl (C=O) groups excluding carboxylic acids is 2. The van der Waals surface area contributed by atoms with Gasteiger partial charge >= 0.3 is 12.4 Å². The Labute approximate surface area is 256 Å². The van der Waals surface area contributed by atoms with Gasteiger partial charge in [0.25, 0.3) is 17.4 Å². The number of anilines is 1. The van der Waals surface area contributed by atoms with Crippen LogP contribution in [0.25, 0.3) is 0 Å². The van der Waals surface area contributed by atoms with Gasteiger partial charge in [-0.1, -0.05) is 41.9 Å². The van der Waals surface area contributed by atoms with Crippen LogP contribution in [0.5, 0.6) is 0 Å². The third-order valence-electron chi connectivity index (χ3n) is 9.38. The van der Waals surface area contributed by atoms with Crippen molar-refractivity contribution in [2.75, 3.05) is 37.6 Å². The number of piperidine rings is 2. The molecule has 3 aliphatic heterocycles. The van der Waals surface area contributed by atoms with E-state index in [9.17, 15) is 41.0 Å². The lowest BCUT2D eigenvalue weighted by atomic mass is 9.78. The summed E-state index contributed by atoms with van der Waals surface area (Å²) in [5.41, 5.74) is -3.33. The van der Waals surface area contributed by atoms with Gasteiger partial charge < -0.3 is 19.8 Å². The van der Waals surface area contributed by atoms with Crippen LogP contribution >= 0.6 is 11.6 Å². The van der Waals surface area contributed by atoms with Crippen molar-refractivity contribution in [3.63, 3.8) is 0 Å². The van der Waals surface area contributed by atoms with E-state index in [4.69, 9.17) is 11.6 Å². The predicted molar refractivity (Wildman–Crippen MR) is 152 cm³/mol. The fourth-order valence-electron chi connectivity index (χ4n) is 6.90. The number of alkyl halides is 6. The topological polar surface area (TPSA) is 64.1 Å². The monoisotopic (exact) mass is 645 g/mol. The van der Waals surface area contributed by atoms with Crippen LogP contribution in [0.4, 0.5) is 32.0 Å². The molecule has 0 aromatic heterocycles. The molecular weight excluding hydrogens is 612 g/mol. The molecule has 13 heteroatoms. The Bertz CT molecular complexity index is 1340. The van der Waals surface area contributed by atoms with Crippen LogP contribution in [-0.2, 0) is 10.4 Å². The van der Waals surface area contributed by atoms with Gasteiger partial charge in [0.05, 0.1) is 10.6 Å². The fourth-order valence-corrected chi connectivity index (χ4v) is 7.15. The lowest BCUT2D eigenvalue weighted by molar-refractivity contribution is -0.262. The summed E-state index contributed by atoms with van der Waals surface area (Å²) in [5, 5.41) is 10.8. The second-order valence-electron chi connectivity index (χ2n) is 11.9. The first-order valence-corrected chi connectivity index (χ1v) is 15.2. The lowest BCUT2D eigenvalue weighted by Crippen LogP contribution is -2.57. The number of amides is 2. The number of likely N-dealkylation sites (tertiary alicyclic amines) is 2. The maximum absolute atomic E-state index is 14.0. The molecule has 0 saturated carbocycles. The first-order valence-electron chi connectivity index (χ1n) is 14.8. The normalized spacial score (nSPS) is 22.3. The minimum absolute atomic E-state index is 0.0257. The molecule has 2 aromatic carbocycles. The predicted octanol–water partition coefficient (Wildman–Crippen LogP) is 6.41. The van der Waals surface area contributed by atoms with E-state index in [-0.39, 0.29) is 49.0 Å². The molecule has 3 heterocycles. The Kier molecular flexibility index (Phi) is 9.15. The second-order valence-corrected chi connectivity index (χ2v) is 12.3. The number of rotatable bonds is 5. The first kappa shape index (κ1) is 32.4. The van der Waals surface area contributed by atoms with Crippen molar-refractivity contribution < 1.29 is 41.0 Å². The lowest BCUT2D eigenvalue weighted by Gasteiger charge is -2.42. The van der Waals surface area contributed by atoms with E-state index in [1.165, 1.54) is 24.3 Å². The molecule has 0 aliphatic carbocycles. The van der Waals surface area contributed by atoms with E-state index in [1.54, 1.807) is 12.1 Å². The van der Waals surface area contributed by atoms with Crippen LogP contribution in [0, 0.1) is 11.8 Å². The number of aliphatic hydroxyl groups is 1. The Morgan fingerprint density at radius 2 is 1.39 bits per heavy atom. The molecule has 240 valence electrons. The van der Waals surface area contributed by atoms with E-state index >= 15 is 0 Å². The molecule has 44 heavy (non-hydrogen) atoms. The molecule has 0 spiro atoms. The van der Waals surface area contributed by atoms with E-state index in [0.29, 0.717) is 31.8 Å². The largest absolute Gasteiger partial charge is 0.430 e. The van der Waals surface area contributed by atoms with Crippen LogP contribution in [0.3, 0.4) is 0 Å². The molecule has 2 aromatic rings. The summed E-state index contributed by atoms with van der Waals surface area (Å²) in [6, 6.07) is 9.36. The van der Waals surface area contributed by atoms with Gasteiger partial charge in [0.2, 0.25) is 0 Å². The SMILES string of the molecule is O=C(c1ccc(N2CCC(C3CCN(C(=O)C(O)(c4ccccc4)C(F)(F)F)CC3)CC2)cc1Cl)N1CCCC1C(F)(F)F. The summed E-state index contributed by atoms with van der Waals surface area (Å²) in [6.45, 7) is 1.59. The number of hydrogen-bond acceptors (Lipinski definition) is 4. The van der Waals surface area contributed by atoms with Gasteiger partial charge in [0.15, 0.2) is 0 Å². The maximum atomic E-state index is 14.0. The molecule has 5 rings (SSSR count). The van der Waals surface area contributed by atoms with Crippen molar-refractivity contribution >= 4 is 29.1 Å². The fraction of sp³-hybridized carbons (Fsp3) is 0.548. The van der Waals surface area contributed by atoms with Gasteiger partial charge in [-0.25, -0.2) is 0 Å². The van der Waals surface area contributed by atoms with Crippen LogP contribution in [0.2, 0.25) is 5.02 Å². The summed E-state index contributed by atoms with van der Waals surface area (Å²) in [4.78, 5) is 30.0. The average molecular weight is 646 g/mol. The highest BCUT2D eigenvalue weighted by molar-refractivity contribution is 6.34. The molecule has 2 amide bonds. The van der Waals surface area contributed by atoms with Crippen molar-refractivity contribution in [1.82, 2.24) is 9.80 Å². The smallest absolute Gasteiger partial charge is 0.371 e. The van der Waals surface area contributed by atoms with Crippen LogP contribution in [-0.4, -0.2) is 77.8 Å². The molecule has 2 unspecified atom stereocenters. The number of halogens is 7. The number of carbonyl (C=O) groups is 2. The van der Waals surface area contributed by atoms with Gasteiger partial charge in [-0.2, -0.15) is 26.3 Å². The number of benzene rings is 2. The van der Waals surface area contributed by atoms with Gasteiger partial charge in [-0.05, 0) is 68.6 Å². The van der Waals surface area contributed by atoms with Crippen LogP contribution in [0.15, 0.2) is 48.5 Å². The van der Waals surface area contributed by atoms with Crippen molar-refractivity contribution in [3.8, 4) is 0 Å². The van der Waals surface area contributed by atoms with E-state index in [0.717, 1.165) is 40.5 Å². The van der Waals surface area contributed by atoms with Crippen molar-refractivity contribution in [2.24, 2.45) is 11.8 Å². The zero-order valence-electron chi connectivity index (χ0n) is 23.9. The molecule has 3 aliphatic rings. The molecule has 3 fully saturated rings. The third-order valence-corrected chi connectivity index (χ3v) is 9.70. The van der Waals surface area contributed by atoms with Crippen LogP contribution in [0.1, 0.15) is 54.4 Å². The van der Waals surface area contributed by atoms with Crippen molar-refractivity contribution in [1.29, 1.82) is 0 Å². The first-order chi connectivity index (χ1) is 20.7. The quantitative estimate of drug-likeness (QED) is 0.382. The highest BCUT2D eigenvalue weighted by Gasteiger charge is 2.62. The van der Waals surface area contributed by atoms with E-state index in [2.05, 4.69) is 4.90 Å². The summed E-state index contributed by atoms with van der Waals surface area (Å²) < 4.78 is 82.1. The maximum Gasteiger partial charge on any atom is 0.430 e. The van der Waals surface area contributed by atoms with Crippen molar-refractivity contribution in [2.45, 2.75) is 62.5 Å². The minimum Gasteiger partial charge on any atom is -0.371 e. The van der Waals surface area contributed by atoms with Gasteiger partial charge in [0.1, 0.15) is 6.04 Å². The highest BCUT2D eigenvalue weighted by Crippen LogP contribution is 2.42. The van der Waals surface area contributed by atoms with E-state index < -0.39 is 41.4 Å². The Balaban J connectivity index is 1.16. The van der Waals surface area contributed by atoms with Crippen LogP contribution < -0.4 is 4.90 Å². The number of hydrogen-bond donors (Lipinski definition) is 1. The summed E-state index contributed by atoms with van der Waals surface area (Å²) in [6.07, 6.45) is -6.87. The Morgan fingerprint density at radius 3 is 1.93 bits per heavy atom. The molecule has 1 N–H and O–H groups in total. The molecule has 6 nitrogen and oxygen atoms in total. The standard InChI is InChI=1S/C31H34ClF6N3O3/c32-25-19-23(8-9-24(25)27(42)41-14-4-7-26(41)30(33,34)35)39-15-10-20(11-16-39)21-12-17-40(18-13-21)28(43)29(44,31(36,37)38)22-5-2-1-3-6-22/h1-3,5-6,8-9,19-21,26,44H,4,7,10-18H2. The van der Waals surface area contributed by atoms with Gasteiger partial charge in [-0.15, -0.1) is 0 Å². The third kappa shape index (κ3) is 6.24. The number of nitrogens with zero attached hydrogens (tertiary/aromatic N) is 3. The summed E-state index contributed by atoms with van der Waals surface area (Å²) >= 11 is 6.40. The molecule has 0 bridgehead atoms. The van der Waals surface area contributed by atoms with E-state index in [1.807, 2.05) is 0 Å². The molecule has 2 atom stereocenters. The Morgan fingerprint density at radius 1 is 0.795 bits per heavy atom. The molecule has 0 radical (unpaired) electrons. The average Bonchev–Trinajstić information content (AvgIpc) is 3.51.